The SMILES string of the molecule is CC(C)(C)OC(=O)N1CCC(F)(F)CC1CNc1cnc(C(F)(F)F)cn1. The van der Waals surface area contributed by atoms with E-state index in [1.54, 1.807) is 20.8 Å². The lowest BCUT2D eigenvalue weighted by Crippen LogP contribution is -2.53. The molecule has 0 aliphatic carbocycles. The van der Waals surface area contributed by atoms with Gasteiger partial charge < -0.3 is 15.0 Å². The molecule has 1 aromatic heterocycles. The van der Waals surface area contributed by atoms with E-state index in [9.17, 15) is 26.7 Å². The molecule has 0 radical (unpaired) electrons. The zero-order valence-corrected chi connectivity index (χ0v) is 15.1. The number of nitrogens with zero attached hydrogens (tertiary/aromatic N) is 3. The van der Waals surface area contributed by atoms with Crippen molar-refractivity contribution in [1.82, 2.24) is 14.9 Å². The number of alkyl halides is 5. The monoisotopic (exact) mass is 396 g/mol. The maximum absolute atomic E-state index is 13.8. The standard InChI is InChI=1S/C16H21F5N4O2/c1-14(2,3)27-13(26)25-5-4-15(17,18)6-10(25)7-23-12-9-22-11(8-24-12)16(19,20)21/h8-10H,4-7H2,1-3H3,(H,23,24). The molecule has 0 spiro atoms. The molecule has 1 fully saturated rings. The fourth-order valence-electron chi connectivity index (χ4n) is 2.55. The number of piperidine rings is 1. The Morgan fingerprint density at radius 2 is 1.96 bits per heavy atom. The van der Waals surface area contributed by atoms with Crippen molar-refractivity contribution < 1.29 is 31.5 Å². The van der Waals surface area contributed by atoms with Crippen LogP contribution in [-0.4, -0.2) is 51.6 Å². The Bertz CT molecular complexity index is 658. The van der Waals surface area contributed by atoms with E-state index in [2.05, 4.69) is 15.3 Å². The third kappa shape index (κ3) is 6.17. The number of rotatable bonds is 3. The van der Waals surface area contributed by atoms with Crippen molar-refractivity contribution >= 4 is 11.9 Å². The van der Waals surface area contributed by atoms with E-state index in [0.29, 0.717) is 6.20 Å². The molecule has 1 aromatic rings. The van der Waals surface area contributed by atoms with Crippen LogP contribution in [0.3, 0.4) is 0 Å². The van der Waals surface area contributed by atoms with Crippen LogP contribution in [0.1, 0.15) is 39.3 Å². The van der Waals surface area contributed by atoms with Crippen LogP contribution in [0.15, 0.2) is 12.4 Å². The number of hydrogen-bond acceptors (Lipinski definition) is 5. The lowest BCUT2D eigenvalue weighted by molar-refractivity contribution is -0.141. The second-order valence-corrected chi connectivity index (χ2v) is 7.30. The average molecular weight is 396 g/mol. The zero-order valence-electron chi connectivity index (χ0n) is 15.1. The van der Waals surface area contributed by atoms with Gasteiger partial charge >= 0.3 is 12.3 Å². The number of anilines is 1. The van der Waals surface area contributed by atoms with Crippen molar-refractivity contribution in [2.75, 3.05) is 18.4 Å². The van der Waals surface area contributed by atoms with E-state index in [0.717, 1.165) is 6.20 Å². The molecular formula is C16H21F5N4O2. The van der Waals surface area contributed by atoms with E-state index in [4.69, 9.17) is 4.74 Å². The maximum atomic E-state index is 13.8. The first kappa shape index (κ1) is 21.1. The van der Waals surface area contributed by atoms with Crippen LogP contribution in [-0.2, 0) is 10.9 Å². The number of aromatic nitrogens is 2. The van der Waals surface area contributed by atoms with Crippen LogP contribution in [0.4, 0.5) is 32.6 Å². The van der Waals surface area contributed by atoms with Gasteiger partial charge in [-0.2, -0.15) is 13.2 Å². The molecule has 1 aliphatic rings. The van der Waals surface area contributed by atoms with Crippen molar-refractivity contribution in [3.05, 3.63) is 18.1 Å². The minimum atomic E-state index is -4.62. The summed E-state index contributed by atoms with van der Waals surface area (Å²) in [6, 6.07) is -0.910. The highest BCUT2D eigenvalue weighted by Gasteiger charge is 2.43. The predicted molar refractivity (Wildman–Crippen MR) is 86.4 cm³/mol. The van der Waals surface area contributed by atoms with Gasteiger partial charge in [0.1, 0.15) is 11.4 Å². The van der Waals surface area contributed by atoms with Gasteiger partial charge in [-0.1, -0.05) is 0 Å². The third-order valence-corrected chi connectivity index (χ3v) is 3.78. The topological polar surface area (TPSA) is 67.3 Å². The molecular weight excluding hydrogens is 375 g/mol. The van der Waals surface area contributed by atoms with Crippen LogP contribution in [0.2, 0.25) is 0 Å². The number of likely N-dealkylation sites (tertiary alicyclic amines) is 1. The molecule has 1 atom stereocenters. The molecule has 2 rings (SSSR count). The van der Waals surface area contributed by atoms with E-state index in [1.165, 1.54) is 4.90 Å². The quantitative estimate of drug-likeness (QED) is 0.784. The van der Waals surface area contributed by atoms with Gasteiger partial charge in [0, 0.05) is 25.9 Å². The molecule has 0 aromatic carbocycles. The highest BCUT2D eigenvalue weighted by molar-refractivity contribution is 5.69. The summed E-state index contributed by atoms with van der Waals surface area (Å²) in [7, 11) is 0. The lowest BCUT2D eigenvalue weighted by Gasteiger charge is -2.39. The molecule has 0 bridgehead atoms. The molecule has 2 heterocycles. The van der Waals surface area contributed by atoms with Crippen LogP contribution < -0.4 is 5.32 Å². The largest absolute Gasteiger partial charge is 0.444 e. The molecule has 11 heteroatoms. The van der Waals surface area contributed by atoms with Gasteiger partial charge in [0.05, 0.1) is 18.4 Å². The summed E-state index contributed by atoms with van der Waals surface area (Å²) in [5.74, 6) is -2.96. The Kier molecular flexibility index (Phi) is 5.81. The Morgan fingerprint density at radius 1 is 1.30 bits per heavy atom. The van der Waals surface area contributed by atoms with Crippen LogP contribution in [0.25, 0.3) is 0 Å². The van der Waals surface area contributed by atoms with Crippen LogP contribution in [0.5, 0.6) is 0 Å². The number of nitrogens with one attached hydrogen (secondary N) is 1. The van der Waals surface area contributed by atoms with Gasteiger partial charge in [0.25, 0.3) is 5.92 Å². The van der Waals surface area contributed by atoms with Gasteiger partial charge in [0.15, 0.2) is 5.69 Å². The minimum Gasteiger partial charge on any atom is -0.444 e. The van der Waals surface area contributed by atoms with Crippen molar-refractivity contribution in [3.63, 3.8) is 0 Å². The molecule has 1 unspecified atom stereocenters. The molecule has 1 saturated heterocycles. The lowest BCUT2D eigenvalue weighted by atomic mass is 9.99. The summed E-state index contributed by atoms with van der Waals surface area (Å²) >= 11 is 0. The molecule has 0 saturated carbocycles. The molecule has 27 heavy (non-hydrogen) atoms. The van der Waals surface area contributed by atoms with Gasteiger partial charge in [0.2, 0.25) is 0 Å². The number of carbonyl (C=O) groups is 1. The van der Waals surface area contributed by atoms with Crippen molar-refractivity contribution in [3.8, 4) is 0 Å². The van der Waals surface area contributed by atoms with Gasteiger partial charge in [-0.15, -0.1) is 0 Å². The average Bonchev–Trinajstić information content (AvgIpc) is 2.50. The highest BCUT2D eigenvalue weighted by atomic mass is 19.4. The Morgan fingerprint density at radius 3 is 2.48 bits per heavy atom. The van der Waals surface area contributed by atoms with Gasteiger partial charge in [-0.25, -0.2) is 23.5 Å². The molecule has 1 amide bonds. The van der Waals surface area contributed by atoms with E-state index in [1.807, 2.05) is 0 Å². The Hall–Kier alpha value is -2.20. The van der Waals surface area contributed by atoms with E-state index >= 15 is 0 Å². The van der Waals surface area contributed by atoms with E-state index in [-0.39, 0.29) is 18.9 Å². The third-order valence-electron chi connectivity index (χ3n) is 3.78. The van der Waals surface area contributed by atoms with Crippen molar-refractivity contribution in [1.29, 1.82) is 0 Å². The van der Waals surface area contributed by atoms with Crippen LogP contribution >= 0.6 is 0 Å². The van der Waals surface area contributed by atoms with Gasteiger partial charge in [-0.05, 0) is 20.8 Å². The summed E-state index contributed by atoms with van der Waals surface area (Å²) in [6.45, 7) is 4.67. The number of ether oxygens (including phenoxy) is 1. The molecule has 152 valence electrons. The zero-order chi connectivity index (χ0) is 20.5. The smallest absolute Gasteiger partial charge is 0.434 e. The van der Waals surface area contributed by atoms with Crippen molar-refractivity contribution in [2.45, 2.75) is 57.4 Å². The summed E-state index contributed by atoms with van der Waals surface area (Å²) in [5.41, 5.74) is -1.94. The normalized spacial score (nSPS) is 20.3. The first-order chi connectivity index (χ1) is 12.3. The Balaban J connectivity index is 2.06. The fourth-order valence-corrected chi connectivity index (χ4v) is 2.55. The predicted octanol–water partition coefficient (Wildman–Crippen LogP) is 3.94. The minimum absolute atomic E-state index is 0.0129. The summed E-state index contributed by atoms with van der Waals surface area (Å²) in [5, 5.41) is 2.65. The number of hydrogen-bond donors (Lipinski definition) is 1. The molecule has 1 N–H and O–H groups in total. The summed E-state index contributed by atoms with van der Waals surface area (Å²) in [6.07, 6.45) is -5.01. The van der Waals surface area contributed by atoms with Crippen molar-refractivity contribution in [2.24, 2.45) is 0 Å². The second-order valence-electron chi connectivity index (χ2n) is 7.30. The summed E-state index contributed by atoms with van der Waals surface area (Å²) in [4.78, 5) is 20.3. The first-order valence-electron chi connectivity index (χ1n) is 8.27. The first-order valence-corrected chi connectivity index (χ1v) is 8.27. The highest BCUT2D eigenvalue weighted by Crippen LogP contribution is 2.33. The number of halogens is 5. The van der Waals surface area contributed by atoms with Gasteiger partial charge in [-0.3, -0.25) is 0 Å². The maximum Gasteiger partial charge on any atom is 0.434 e. The fraction of sp³-hybridized carbons (Fsp3) is 0.688. The van der Waals surface area contributed by atoms with E-state index < -0.39 is 48.4 Å². The molecule has 6 nitrogen and oxygen atoms in total. The van der Waals surface area contributed by atoms with Crippen LogP contribution in [0, 0.1) is 0 Å². The number of carbonyl (C=O) groups excluding carboxylic acids is 1. The number of amides is 1. The second kappa shape index (κ2) is 7.43. The Labute approximate surface area is 153 Å². The summed E-state index contributed by atoms with van der Waals surface area (Å²) < 4.78 is 70.3. The molecule has 1 aliphatic heterocycles.